The molecule has 0 amide bonds. The van der Waals surface area contributed by atoms with Crippen LogP contribution in [0.1, 0.15) is 11.1 Å². The molecular weight excluding hydrogens is 315 g/mol. The lowest BCUT2D eigenvalue weighted by Crippen LogP contribution is -2.45. The van der Waals surface area contributed by atoms with Gasteiger partial charge in [0, 0.05) is 38.4 Å². The van der Waals surface area contributed by atoms with E-state index in [9.17, 15) is 0 Å². The van der Waals surface area contributed by atoms with Gasteiger partial charge in [0.15, 0.2) is 0 Å². The summed E-state index contributed by atoms with van der Waals surface area (Å²) in [5, 5.41) is 1.24. The molecule has 0 bridgehead atoms. The van der Waals surface area contributed by atoms with Crippen LogP contribution in [0.15, 0.2) is 42.5 Å². The second-order valence-corrected chi connectivity index (χ2v) is 6.66. The van der Waals surface area contributed by atoms with E-state index in [0.717, 1.165) is 38.4 Å². The Morgan fingerprint density at radius 1 is 0.864 bits per heavy atom. The average Bonchev–Trinajstić information content (AvgIpc) is 2.53. The van der Waals surface area contributed by atoms with Gasteiger partial charge in [-0.05, 0) is 30.7 Å². The van der Waals surface area contributed by atoms with Gasteiger partial charge in [0.25, 0.3) is 0 Å². The zero-order valence-corrected chi connectivity index (χ0v) is 14.2. The number of rotatable bonds is 3. The first-order valence-electron chi connectivity index (χ1n) is 7.60. The molecule has 0 atom stereocenters. The Bertz CT molecular complexity index is 632. The number of aryl methyl sites for hydroxylation is 1. The molecule has 116 valence electrons. The second kappa shape index (κ2) is 6.91. The molecule has 1 heterocycles. The van der Waals surface area contributed by atoms with Crippen LogP contribution >= 0.6 is 23.2 Å². The molecule has 2 aromatic carbocycles. The molecular formula is C18H20Cl2N2. The predicted octanol–water partition coefficient (Wildman–Crippen LogP) is 4.62. The molecule has 0 N–H and O–H groups in total. The molecule has 0 aromatic heterocycles. The Morgan fingerprint density at radius 2 is 1.55 bits per heavy atom. The van der Waals surface area contributed by atoms with Crippen molar-refractivity contribution in [1.82, 2.24) is 4.90 Å². The normalized spacial score (nSPS) is 16.0. The number of hydrogen-bond acceptors (Lipinski definition) is 2. The highest BCUT2D eigenvalue weighted by atomic mass is 35.5. The summed E-state index contributed by atoms with van der Waals surface area (Å²) >= 11 is 12.1. The summed E-state index contributed by atoms with van der Waals surface area (Å²) in [6, 6.07) is 14.7. The Balaban J connectivity index is 1.57. The molecule has 3 rings (SSSR count). The van der Waals surface area contributed by atoms with Gasteiger partial charge < -0.3 is 4.90 Å². The first kappa shape index (κ1) is 15.7. The molecule has 22 heavy (non-hydrogen) atoms. The highest BCUT2D eigenvalue weighted by Crippen LogP contribution is 2.27. The van der Waals surface area contributed by atoms with Gasteiger partial charge in [0.05, 0.1) is 10.0 Å². The van der Waals surface area contributed by atoms with Crippen molar-refractivity contribution >= 4 is 28.9 Å². The minimum Gasteiger partial charge on any atom is -0.369 e. The average molecular weight is 335 g/mol. The van der Waals surface area contributed by atoms with E-state index in [0.29, 0.717) is 10.0 Å². The summed E-state index contributed by atoms with van der Waals surface area (Å²) in [5.74, 6) is 0. The van der Waals surface area contributed by atoms with Crippen molar-refractivity contribution in [3.05, 3.63) is 63.6 Å². The maximum Gasteiger partial charge on any atom is 0.0612 e. The lowest BCUT2D eigenvalue weighted by Gasteiger charge is -2.36. The molecule has 2 aromatic rings. The van der Waals surface area contributed by atoms with Crippen molar-refractivity contribution in [2.75, 3.05) is 31.1 Å². The topological polar surface area (TPSA) is 6.48 Å². The lowest BCUT2D eigenvalue weighted by molar-refractivity contribution is 0.250. The van der Waals surface area contributed by atoms with Gasteiger partial charge in [-0.1, -0.05) is 53.0 Å². The summed E-state index contributed by atoms with van der Waals surface area (Å²) < 4.78 is 0. The van der Waals surface area contributed by atoms with Crippen LogP contribution in [0.3, 0.4) is 0 Å². The van der Waals surface area contributed by atoms with Gasteiger partial charge in [-0.15, -0.1) is 0 Å². The number of halogens is 2. The van der Waals surface area contributed by atoms with Crippen LogP contribution in [-0.4, -0.2) is 31.1 Å². The zero-order valence-electron chi connectivity index (χ0n) is 12.7. The summed E-state index contributed by atoms with van der Waals surface area (Å²) in [6.45, 7) is 7.31. The molecule has 0 spiro atoms. The van der Waals surface area contributed by atoms with E-state index in [1.54, 1.807) is 0 Å². The van der Waals surface area contributed by atoms with Gasteiger partial charge in [0.1, 0.15) is 0 Å². The largest absolute Gasteiger partial charge is 0.369 e. The molecule has 1 fully saturated rings. The molecule has 0 aliphatic carbocycles. The highest BCUT2D eigenvalue weighted by Gasteiger charge is 2.17. The quantitative estimate of drug-likeness (QED) is 0.807. The van der Waals surface area contributed by atoms with Gasteiger partial charge in [-0.25, -0.2) is 0 Å². The number of piperazine rings is 1. The third-order valence-corrected chi connectivity index (χ3v) is 4.91. The Hall–Kier alpha value is -1.22. The number of benzene rings is 2. The number of anilines is 1. The van der Waals surface area contributed by atoms with Crippen molar-refractivity contribution in [2.24, 2.45) is 0 Å². The number of hydrogen-bond donors (Lipinski definition) is 0. The minimum atomic E-state index is 0.614. The smallest absolute Gasteiger partial charge is 0.0612 e. The lowest BCUT2D eigenvalue weighted by atomic mass is 10.1. The van der Waals surface area contributed by atoms with Crippen molar-refractivity contribution in [2.45, 2.75) is 13.5 Å². The van der Waals surface area contributed by atoms with Gasteiger partial charge in [0.2, 0.25) is 0 Å². The summed E-state index contributed by atoms with van der Waals surface area (Å²) in [4.78, 5) is 4.87. The molecule has 2 nitrogen and oxygen atoms in total. The van der Waals surface area contributed by atoms with Gasteiger partial charge >= 0.3 is 0 Å². The third kappa shape index (κ3) is 3.75. The molecule has 1 saturated heterocycles. The van der Waals surface area contributed by atoms with Gasteiger partial charge in [-0.2, -0.15) is 0 Å². The van der Waals surface area contributed by atoms with Crippen LogP contribution in [-0.2, 0) is 6.54 Å². The molecule has 0 saturated carbocycles. The minimum absolute atomic E-state index is 0.614. The highest BCUT2D eigenvalue weighted by molar-refractivity contribution is 6.42. The Labute approximate surface area is 142 Å². The molecule has 4 heteroatoms. The SMILES string of the molecule is Cc1ccc(CN2CCN(c3ccc(Cl)c(Cl)c3)CC2)cc1. The first-order valence-corrected chi connectivity index (χ1v) is 8.35. The van der Waals surface area contributed by atoms with Crippen molar-refractivity contribution in [3.8, 4) is 0 Å². The zero-order chi connectivity index (χ0) is 15.5. The predicted molar refractivity (Wildman–Crippen MR) is 95.1 cm³/mol. The van der Waals surface area contributed by atoms with E-state index in [1.807, 2.05) is 18.2 Å². The van der Waals surface area contributed by atoms with Gasteiger partial charge in [-0.3, -0.25) is 4.90 Å². The molecule has 0 radical (unpaired) electrons. The maximum absolute atomic E-state index is 6.11. The van der Waals surface area contributed by atoms with Crippen molar-refractivity contribution in [3.63, 3.8) is 0 Å². The van der Waals surface area contributed by atoms with E-state index >= 15 is 0 Å². The van der Waals surface area contributed by atoms with E-state index in [4.69, 9.17) is 23.2 Å². The van der Waals surface area contributed by atoms with Crippen LogP contribution in [0.2, 0.25) is 10.0 Å². The standard InChI is InChI=1S/C18H20Cl2N2/c1-14-2-4-15(5-3-14)13-21-8-10-22(11-9-21)16-6-7-17(19)18(20)12-16/h2-7,12H,8-11,13H2,1H3. The van der Waals surface area contributed by atoms with E-state index in [1.165, 1.54) is 11.1 Å². The Kier molecular flexibility index (Phi) is 4.92. The Morgan fingerprint density at radius 3 is 2.18 bits per heavy atom. The first-order chi connectivity index (χ1) is 10.6. The van der Waals surface area contributed by atoms with Crippen LogP contribution < -0.4 is 4.90 Å². The van der Waals surface area contributed by atoms with E-state index in [2.05, 4.69) is 41.0 Å². The summed E-state index contributed by atoms with van der Waals surface area (Å²) in [7, 11) is 0. The number of nitrogens with zero attached hydrogens (tertiary/aromatic N) is 2. The second-order valence-electron chi connectivity index (χ2n) is 5.85. The fourth-order valence-corrected chi connectivity index (χ4v) is 3.09. The van der Waals surface area contributed by atoms with Crippen molar-refractivity contribution in [1.29, 1.82) is 0 Å². The summed E-state index contributed by atoms with van der Waals surface area (Å²) in [5.41, 5.74) is 3.85. The molecule has 1 aliphatic heterocycles. The van der Waals surface area contributed by atoms with Crippen LogP contribution in [0.25, 0.3) is 0 Å². The third-order valence-electron chi connectivity index (χ3n) is 4.17. The van der Waals surface area contributed by atoms with Crippen LogP contribution in [0.5, 0.6) is 0 Å². The van der Waals surface area contributed by atoms with Crippen LogP contribution in [0.4, 0.5) is 5.69 Å². The van der Waals surface area contributed by atoms with Crippen LogP contribution in [0, 0.1) is 6.92 Å². The fourth-order valence-electron chi connectivity index (χ4n) is 2.80. The molecule has 1 aliphatic rings. The maximum atomic E-state index is 6.11. The summed E-state index contributed by atoms with van der Waals surface area (Å²) in [6.07, 6.45) is 0. The molecule has 0 unspecified atom stereocenters. The van der Waals surface area contributed by atoms with E-state index < -0.39 is 0 Å². The fraction of sp³-hybridized carbons (Fsp3) is 0.333. The van der Waals surface area contributed by atoms with E-state index in [-0.39, 0.29) is 0 Å². The van der Waals surface area contributed by atoms with Crippen molar-refractivity contribution < 1.29 is 0 Å². The monoisotopic (exact) mass is 334 g/mol.